The SMILES string of the molecule is COc1ccc(S(=O)(=O)N2CCCC2(C)C)cc1C(=O)O. The van der Waals surface area contributed by atoms with E-state index in [4.69, 9.17) is 9.84 Å². The Labute approximate surface area is 124 Å². The first kappa shape index (κ1) is 15.8. The summed E-state index contributed by atoms with van der Waals surface area (Å²) in [7, 11) is -2.37. The Bertz CT molecular complexity index is 666. The van der Waals surface area contributed by atoms with Crippen LogP contribution in [-0.4, -0.2) is 43.0 Å². The fourth-order valence-electron chi connectivity index (χ4n) is 2.67. The van der Waals surface area contributed by atoms with Crippen LogP contribution in [0.3, 0.4) is 0 Å². The molecule has 0 radical (unpaired) electrons. The fourth-order valence-corrected chi connectivity index (χ4v) is 4.54. The predicted molar refractivity (Wildman–Crippen MR) is 77.2 cm³/mol. The highest BCUT2D eigenvalue weighted by Crippen LogP contribution is 2.35. The zero-order chi connectivity index (χ0) is 15.8. The Morgan fingerprint density at radius 3 is 2.52 bits per heavy atom. The first-order chi connectivity index (χ1) is 9.70. The van der Waals surface area contributed by atoms with E-state index in [9.17, 15) is 13.2 Å². The Morgan fingerprint density at radius 2 is 2.05 bits per heavy atom. The molecule has 1 aliphatic rings. The van der Waals surface area contributed by atoms with Crippen LogP contribution >= 0.6 is 0 Å². The van der Waals surface area contributed by atoms with E-state index < -0.39 is 21.5 Å². The van der Waals surface area contributed by atoms with Crippen molar-refractivity contribution in [2.75, 3.05) is 13.7 Å². The molecule has 7 heteroatoms. The molecule has 2 rings (SSSR count). The normalized spacial score (nSPS) is 18.6. The molecule has 0 aromatic heterocycles. The van der Waals surface area contributed by atoms with Crippen LogP contribution in [0.4, 0.5) is 0 Å². The first-order valence-electron chi connectivity index (χ1n) is 6.64. The minimum Gasteiger partial charge on any atom is -0.496 e. The molecule has 1 fully saturated rings. The van der Waals surface area contributed by atoms with E-state index in [0.29, 0.717) is 6.54 Å². The van der Waals surface area contributed by atoms with Crippen LogP contribution in [0.5, 0.6) is 5.75 Å². The van der Waals surface area contributed by atoms with Gasteiger partial charge in [-0.05, 0) is 44.9 Å². The molecule has 21 heavy (non-hydrogen) atoms. The molecule has 0 saturated carbocycles. The van der Waals surface area contributed by atoms with E-state index in [1.165, 1.54) is 23.5 Å². The van der Waals surface area contributed by atoms with Crippen molar-refractivity contribution in [3.63, 3.8) is 0 Å². The summed E-state index contributed by atoms with van der Waals surface area (Å²) in [5.41, 5.74) is -0.613. The van der Waals surface area contributed by atoms with Gasteiger partial charge in [-0.3, -0.25) is 0 Å². The number of sulfonamides is 1. The minimum absolute atomic E-state index is 0.0179. The zero-order valence-corrected chi connectivity index (χ0v) is 13.1. The molecular weight excluding hydrogens is 294 g/mol. The molecule has 0 amide bonds. The smallest absolute Gasteiger partial charge is 0.339 e. The van der Waals surface area contributed by atoms with E-state index in [2.05, 4.69) is 0 Å². The summed E-state index contributed by atoms with van der Waals surface area (Å²) in [5, 5.41) is 9.17. The molecular formula is C14H19NO5S. The summed E-state index contributed by atoms with van der Waals surface area (Å²) >= 11 is 0. The lowest BCUT2D eigenvalue weighted by atomic mass is 10.0. The van der Waals surface area contributed by atoms with Gasteiger partial charge in [-0.1, -0.05) is 0 Å². The summed E-state index contributed by atoms with van der Waals surface area (Å²) in [6.45, 7) is 4.20. The second-order valence-corrected chi connectivity index (χ2v) is 7.52. The van der Waals surface area contributed by atoms with E-state index in [1.54, 1.807) is 0 Å². The molecule has 1 saturated heterocycles. The van der Waals surface area contributed by atoms with Gasteiger partial charge in [0.05, 0.1) is 12.0 Å². The highest BCUT2D eigenvalue weighted by molar-refractivity contribution is 7.89. The first-order valence-corrected chi connectivity index (χ1v) is 8.08. The van der Waals surface area contributed by atoms with E-state index in [1.807, 2.05) is 13.8 Å². The van der Waals surface area contributed by atoms with Gasteiger partial charge in [-0.15, -0.1) is 0 Å². The zero-order valence-electron chi connectivity index (χ0n) is 12.3. The van der Waals surface area contributed by atoms with Crippen LogP contribution < -0.4 is 4.74 Å². The maximum Gasteiger partial charge on any atom is 0.339 e. The predicted octanol–water partition coefficient (Wildman–Crippen LogP) is 1.96. The van der Waals surface area contributed by atoms with Crippen LogP contribution in [0.25, 0.3) is 0 Å². The molecule has 1 N–H and O–H groups in total. The van der Waals surface area contributed by atoms with Gasteiger partial charge >= 0.3 is 5.97 Å². The maximum atomic E-state index is 12.7. The number of carboxylic acid groups (broad SMARTS) is 1. The average Bonchev–Trinajstić information content (AvgIpc) is 2.78. The van der Waals surface area contributed by atoms with Gasteiger partial charge in [-0.25, -0.2) is 13.2 Å². The molecule has 116 valence electrons. The molecule has 1 aliphatic heterocycles. The number of carbonyl (C=O) groups is 1. The van der Waals surface area contributed by atoms with Crippen LogP contribution in [0, 0.1) is 0 Å². The van der Waals surface area contributed by atoms with Gasteiger partial charge in [-0.2, -0.15) is 4.31 Å². The quantitative estimate of drug-likeness (QED) is 0.918. The van der Waals surface area contributed by atoms with Crippen molar-refractivity contribution in [3.8, 4) is 5.75 Å². The summed E-state index contributed by atoms with van der Waals surface area (Å²) in [4.78, 5) is 11.2. The third kappa shape index (κ3) is 2.75. The molecule has 1 aromatic carbocycles. The topological polar surface area (TPSA) is 83.9 Å². The lowest BCUT2D eigenvalue weighted by molar-refractivity contribution is 0.0693. The lowest BCUT2D eigenvalue weighted by Gasteiger charge is -2.30. The Hall–Kier alpha value is -1.60. The maximum absolute atomic E-state index is 12.7. The Kier molecular flexibility index (Phi) is 3.99. The van der Waals surface area contributed by atoms with Crippen molar-refractivity contribution < 1.29 is 23.1 Å². The van der Waals surface area contributed by atoms with Gasteiger partial charge in [0.25, 0.3) is 0 Å². The second kappa shape index (κ2) is 5.31. The number of methoxy groups -OCH3 is 1. The highest BCUT2D eigenvalue weighted by atomic mass is 32.2. The van der Waals surface area contributed by atoms with Crippen molar-refractivity contribution >= 4 is 16.0 Å². The number of rotatable bonds is 4. The van der Waals surface area contributed by atoms with Gasteiger partial charge in [0.1, 0.15) is 11.3 Å². The molecule has 6 nitrogen and oxygen atoms in total. The number of hydrogen-bond acceptors (Lipinski definition) is 4. The van der Waals surface area contributed by atoms with Crippen LogP contribution in [-0.2, 0) is 10.0 Å². The fraction of sp³-hybridized carbons (Fsp3) is 0.500. The van der Waals surface area contributed by atoms with Gasteiger partial charge in [0.2, 0.25) is 10.0 Å². The van der Waals surface area contributed by atoms with Crippen LogP contribution in [0.1, 0.15) is 37.0 Å². The molecule has 0 atom stereocenters. The summed E-state index contributed by atoms with van der Waals surface area (Å²) in [5.74, 6) is -1.08. The van der Waals surface area contributed by atoms with Crippen molar-refractivity contribution in [2.45, 2.75) is 37.1 Å². The largest absolute Gasteiger partial charge is 0.496 e. The third-order valence-electron chi connectivity index (χ3n) is 3.81. The number of aromatic carboxylic acids is 1. The van der Waals surface area contributed by atoms with Gasteiger partial charge in [0, 0.05) is 12.1 Å². The number of ether oxygens (including phenoxy) is 1. The summed E-state index contributed by atoms with van der Waals surface area (Å²) < 4.78 is 31.8. The minimum atomic E-state index is -3.71. The number of nitrogens with zero attached hydrogens (tertiary/aromatic N) is 1. The van der Waals surface area contributed by atoms with E-state index >= 15 is 0 Å². The molecule has 0 bridgehead atoms. The third-order valence-corrected chi connectivity index (χ3v) is 5.92. The standard InChI is InChI=1S/C14H19NO5S/c1-14(2)7-4-8-15(14)21(18,19)10-5-6-12(20-3)11(9-10)13(16)17/h5-6,9H,4,7-8H2,1-3H3,(H,16,17). The van der Waals surface area contributed by atoms with Gasteiger partial charge in [0.15, 0.2) is 0 Å². The number of hydrogen-bond donors (Lipinski definition) is 1. The number of carboxylic acids is 1. The van der Waals surface area contributed by atoms with E-state index in [-0.39, 0.29) is 16.2 Å². The van der Waals surface area contributed by atoms with Crippen LogP contribution in [0.2, 0.25) is 0 Å². The van der Waals surface area contributed by atoms with Crippen LogP contribution in [0.15, 0.2) is 23.1 Å². The van der Waals surface area contributed by atoms with Crippen molar-refractivity contribution in [1.29, 1.82) is 0 Å². The van der Waals surface area contributed by atoms with E-state index in [0.717, 1.165) is 18.9 Å². The highest BCUT2D eigenvalue weighted by Gasteiger charge is 2.41. The molecule has 0 spiro atoms. The Morgan fingerprint density at radius 1 is 1.38 bits per heavy atom. The summed E-state index contributed by atoms with van der Waals surface area (Å²) in [6, 6.07) is 3.92. The lowest BCUT2D eigenvalue weighted by Crippen LogP contribution is -2.42. The van der Waals surface area contributed by atoms with Crippen molar-refractivity contribution in [3.05, 3.63) is 23.8 Å². The molecule has 0 aliphatic carbocycles. The molecule has 1 aromatic rings. The second-order valence-electron chi connectivity index (χ2n) is 5.66. The monoisotopic (exact) mass is 313 g/mol. The summed E-state index contributed by atoms with van der Waals surface area (Å²) in [6.07, 6.45) is 1.59. The van der Waals surface area contributed by atoms with Gasteiger partial charge < -0.3 is 9.84 Å². The average molecular weight is 313 g/mol. The Balaban J connectivity index is 2.51. The molecule has 0 unspecified atom stereocenters. The van der Waals surface area contributed by atoms with Crippen molar-refractivity contribution in [1.82, 2.24) is 4.31 Å². The number of benzene rings is 1. The van der Waals surface area contributed by atoms with Crippen molar-refractivity contribution in [2.24, 2.45) is 0 Å². The molecule has 1 heterocycles.